The number of benzene rings is 2. The second-order valence-electron chi connectivity index (χ2n) is 6.83. The van der Waals surface area contributed by atoms with Crippen LogP contribution in [0.1, 0.15) is 10.4 Å². The van der Waals surface area contributed by atoms with Crippen molar-refractivity contribution < 1.29 is 24.7 Å². The Morgan fingerprint density at radius 3 is 2.38 bits per heavy atom. The van der Waals surface area contributed by atoms with E-state index >= 15 is 0 Å². The largest absolute Gasteiger partial charge is 0.491 e. The van der Waals surface area contributed by atoms with E-state index in [-0.39, 0.29) is 17.9 Å². The average Bonchev–Trinajstić information content (AvgIpc) is 2.73. The quantitative estimate of drug-likeness (QED) is 0.509. The molecule has 1 unspecified atom stereocenters. The van der Waals surface area contributed by atoms with Gasteiger partial charge in [-0.2, -0.15) is 0 Å². The number of nitro benzene ring substituents is 1. The van der Waals surface area contributed by atoms with Crippen molar-refractivity contribution in [3.05, 3.63) is 64.2 Å². The number of ether oxygens (including phenoxy) is 1. The Hall–Kier alpha value is -3.17. The first-order valence-electron chi connectivity index (χ1n) is 9.29. The Morgan fingerprint density at radius 1 is 1.10 bits per heavy atom. The van der Waals surface area contributed by atoms with Crippen molar-refractivity contribution in [2.24, 2.45) is 0 Å². The molecule has 154 valence electrons. The van der Waals surface area contributed by atoms with Crippen LogP contribution in [-0.4, -0.2) is 71.4 Å². The molecule has 1 aliphatic heterocycles. The molecule has 0 radical (unpaired) electrons. The summed E-state index contributed by atoms with van der Waals surface area (Å²) in [5.41, 5.74) is 0.986. The third-order valence-corrected chi connectivity index (χ3v) is 4.81. The summed E-state index contributed by atoms with van der Waals surface area (Å²) >= 11 is 0. The van der Waals surface area contributed by atoms with Gasteiger partial charge in [-0.1, -0.05) is 12.1 Å². The maximum absolute atomic E-state index is 11.4. The predicted molar refractivity (Wildman–Crippen MR) is 107 cm³/mol. The first-order valence-corrected chi connectivity index (χ1v) is 9.29. The molecule has 2 aromatic carbocycles. The highest BCUT2D eigenvalue weighted by Gasteiger charge is 2.22. The number of nitrogens with zero attached hydrogens (tertiary/aromatic N) is 3. The number of para-hydroxylation sites is 1. The molecular weight excluding hydrogens is 378 g/mol. The predicted octanol–water partition coefficient (Wildman–Crippen LogP) is 1.85. The van der Waals surface area contributed by atoms with E-state index in [1.165, 1.54) is 24.3 Å². The van der Waals surface area contributed by atoms with Gasteiger partial charge in [0.25, 0.3) is 5.69 Å². The minimum Gasteiger partial charge on any atom is -0.491 e. The zero-order valence-corrected chi connectivity index (χ0v) is 15.8. The molecule has 0 spiro atoms. The van der Waals surface area contributed by atoms with E-state index in [0.29, 0.717) is 44.2 Å². The molecule has 9 nitrogen and oxygen atoms in total. The van der Waals surface area contributed by atoms with E-state index in [0.717, 1.165) is 0 Å². The van der Waals surface area contributed by atoms with Gasteiger partial charge in [-0.3, -0.25) is 15.0 Å². The molecular formula is C20H23N3O6. The molecule has 29 heavy (non-hydrogen) atoms. The summed E-state index contributed by atoms with van der Waals surface area (Å²) in [6, 6.07) is 12.7. The number of non-ortho nitro benzene ring substituents is 1. The molecule has 0 saturated carbocycles. The summed E-state index contributed by atoms with van der Waals surface area (Å²) in [4.78, 5) is 25.7. The van der Waals surface area contributed by atoms with Crippen LogP contribution in [0.2, 0.25) is 0 Å². The first-order chi connectivity index (χ1) is 13.9. The lowest BCUT2D eigenvalue weighted by Crippen LogP contribution is -2.49. The van der Waals surface area contributed by atoms with Crippen LogP contribution < -0.4 is 9.64 Å². The Kier molecular flexibility index (Phi) is 6.63. The molecule has 0 bridgehead atoms. The zero-order valence-electron chi connectivity index (χ0n) is 15.8. The van der Waals surface area contributed by atoms with E-state index in [1.807, 2.05) is 17.0 Å². The molecule has 2 aromatic rings. The lowest BCUT2D eigenvalue weighted by molar-refractivity contribution is -0.384. The number of aliphatic hydroxyl groups is 1. The molecule has 1 aliphatic rings. The third kappa shape index (κ3) is 5.43. The highest BCUT2D eigenvalue weighted by Crippen LogP contribution is 2.22. The average molecular weight is 401 g/mol. The molecule has 0 amide bonds. The standard InChI is InChI=1S/C20H23N3O6/c24-16(14-29-17-7-5-15(6-8-17)23(27)28)13-21-9-11-22(12-10-21)19-4-2-1-3-18(19)20(25)26/h1-8,16,24H,9-14H2,(H,25,26). The summed E-state index contributed by atoms with van der Waals surface area (Å²) in [5, 5.41) is 30.2. The zero-order chi connectivity index (χ0) is 20.8. The highest BCUT2D eigenvalue weighted by molar-refractivity contribution is 5.94. The fourth-order valence-electron chi connectivity index (χ4n) is 3.31. The SMILES string of the molecule is O=C(O)c1ccccc1N1CCN(CC(O)COc2ccc([N+](=O)[O-])cc2)CC1. The molecule has 1 fully saturated rings. The second-order valence-corrected chi connectivity index (χ2v) is 6.83. The number of carboxylic acid groups (broad SMARTS) is 1. The fraction of sp³-hybridized carbons (Fsp3) is 0.350. The van der Waals surface area contributed by atoms with Gasteiger partial charge in [-0.15, -0.1) is 0 Å². The van der Waals surface area contributed by atoms with E-state index in [1.54, 1.807) is 12.1 Å². The van der Waals surface area contributed by atoms with E-state index in [2.05, 4.69) is 4.90 Å². The number of hydrogen-bond donors (Lipinski definition) is 2. The number of piperazine rings is 1. The number of anilines is 1. The summed E-state index contributed by atoms with van der Waals surface area (Å²) in [5.74, 6) is -0.480. The van der Waals surface area contributed by atoms with Crippen LogP contribution in [0.15, 0.2) is 48.5 Å². The van der Waals surface area contributed by atoms with Crippen molar-refractivity contribution in [3.8, 4) is 5.75 Å². The lowest BCUT2D eigenvalue weighted by Gasteiger charge is -2.37. The number of aromatic carboxylic acids is 1. The van der Waals surface area contributed by atoms with Crippen LogP contribution >= 0.6 is 0 Å². The number of carbonyl (C=O) groups is 1. The summed E-state index contributed by atoms with van der Waals surface area (Å²) in [6.45, 7) is 3.24. The molecule has 1 heterocycles. The van der Waals surface area contributed by atoms with Crippen LogP contribution in [0.5, 0.6) is 5.75 Å². The Balaban J connectivity index is 1.45. The number of β-amino-alcohol motifs (C(OH)–C–C–N with tert-alkyl or cyclic N) is 1. The summed E-state index contributed by atoms with van der Waals surface area (Å²) in [6.07, 6.45) is -0.706. The van der Waals surface area contributed by atoms with Gasteiger partial charge in [-0.05, 0) is 24.3 Å². The third-order valence-electron chi connectivity index (χ3n) is 4.81. The molecule has 9 heteroatoms. The van der Waals surface area contributed by atoms with Crippen molar-refractivity contribution in [2.75, 3.05) is 44.2 Å². The van der Waals surface area contributed by atoms with Gasteiger partial charge in [0.1, 0.15) is 18.5 Å². The van der Waals surface area contributed by atoms with Crippen LogP contribution in [-0.2, 0) is 0 Å². The Bertz CT molecular complexity index is 850. The van der Waals surface area contributed by atoms with Gasteiger partial charge in [-0.25, -0.2) is 4.79 Å². The maximum atomic E-state index is 11.4. The second kappa shape index (κ2) is 9.35. The van der Waals surface area contributed by atoms with Crippen LogP contribution in [0, 0.1) is 10.1 Å². The number of nitro groups is 1. The first kappa shape index (κ1) is 20.6. The lowest BCUT2D eigenvalue weighted by atomic mass is 10.1. The van der Waals surface area contributed by atoms with Gasteiger partial charge in [0.05, 0.1) is 16.2 Å². The summed E-state index contributed by atoms with van der Waals surface area (Å²) in [7, 11) is 0. The minimum atomic E-state index is -0.943. The van der Waals surface area contributed by atoms with Crippen molar-refractivity contribution in [3.63, 3.8) is 0 Å². The number of rotatable bonds is 8. The number of aliphatic hydroxyl groups excluding tert-OH is 1. The van der Waals surface area contributed by atoms with Gasteiger partial charge in [0.2, 0.25) is 0 Å². The maximum Gasteiger partial charge on any atom is 0.337 e. The van der Waals surface area contributed by atoms with Crippen LogP contribution in [0.3, 0.4) is 0 Å². The molecule has 3 rings (SSSR count). The monoisotopic (exact) mass is 401 g/mol. The van der Waals surface area contributed by atoms with Crippen molar-refractivity contribution in [1.82, 2.24) is 4.90 Å². The highest BCUT2D eigenvalue weighted by atomic mass is 16.6. The van der Waals surface area contributed by atoms with Gasteiger partial charge >= 0.3 is 5.97 Å². The van der Waals surface area contributed by atoms with Crippen molar-refractivity contribution >= 4 is 17.3 Å². The normalized spacial score (nSPS) is 15.7. The van der Waals surface area contributed by atoms with Gasteiger partial charge in [0, 0.05) is 44.9 Å². The fourth-order valence-corrected chi connectivity index (χ4v) is 3.31. The van der Waals surface area contributed by atoms with Crippen LogP contribution in [0.25, 0.3) is 0 Å². The molecule has 1 saturated heterocycles. The van der Waals surface area contributed by atoms with E-state index in [4.69, 9.17) is 4.74 Å². The number of hydrogen-bond acceptors (Lipinski definition) is 7. The van der Waals surface area contributed by atoms with E-state index < -0.39 is 17.0 Å². The van der Waals surface area contributed by atoms with Crippen molar-refractivity contribution in [1.29, 1.82) is 0 Å². The Morgan fingerprint density at radius 2 is 1.76 bits per heavy atom. The summed E-state index contributed by atoms with van der Waals surface area (Å²) < 4.78 is 5.50. The molecule has 2 N–H and O–H groups in total. The minimum absolute atomic E-state index is 0.0137. The number of carboxylic acids is 1. The topological polar surface area (TPSA) is 116 Å². The van der Waals surface area contributed by atoms with Gasteiger partial charge in [0.15, 0.2) is 0 Å². The molecule has 0 aromatic heterocycles. The molecule has 0 aliphatic carbocycles. The van der Waals surface area contributed by atoms with Crippen LogP contribution in [0.4, 0.5) is 11.4 Å². The van der Waals surface area contributed by atoms with Crippen molar-refractivity contribution in [2.45, 2.75) is 6.10 Å². The smallest absolute Gasteiger partial charge is 0.337 e. The Labute approximate surface area is 167 Å². The van der Waals surface area contributed by atoms with Gasteiger partial charge < -0.3 is 19.8 Å². The van der Waals surface area contributed by atoms with E-state index in [9.17, 15) is 25.1 Å². The molecule has 1 atom stereocenters.